The number of ether oxygens (including phenoxy) is 1. The highest BCUT2D eigenvalue weighted by molar-refractivity contribution is 5.92. The number of benzene rings is 1. The summed E-state index contributed by atoms with van der Waals surface area (Å²) in [6, 6.07) is 7.60. The van der Waals surface area contributed by atoms with E-state index in [1.807, 2.05) is 24.3 Å². The SMILES string of the molecule is CCCCNC(=O)C=Cc1ccccc1OC. The van der Waals surface area contributed by atoms with Crippen molar-refractivity contribution in [3.8, 4) is 5.75 Å². The van der Waals surface area contributed by atoms with Gasteiger partial charge in [-0.2, -0.15) is 0 Å². The number of rotatable bonds is 6. The predicted molar refractivity (Wildman–Crippen MR) is 69.9 cm³/mol. The maximum atomic E-state index is 11.5. The van der Waals surface area contributed by atoms with Gasteiger partial charge in [0.2, 0.25) is 5.91 Å². The second-order valence-electron chi connectivity index (χ2n) is 3.72. The van der Waals surface area contributed by atoms with Crippen LogP contribution in [0.5, 0.6) is 5.75 Å². The zero-order valence-electron chi connectivity index (χ0n) is 10.4. The van der Waals surface area contributed by atoms with Gasteiger partial charge in [0.15, 0.2) is 0 Å². The lowest BCUT2D eigenvalue weighted by Crippen LogP contribution is -2.21. The molecule has 0 spiro atoms. The first-order valence-electron chi connectivity index (χ1n) is 5.87. The van der Waals surface area contributed by atoms with Crippen LogP contribution in [-0.4, -0.2) is 19.6 Å². The largest absolute Gasteiger partial charge is 0.496 e. The van der Waals surface area contributed by atoms with Crippen molar-refractivity contribution in [2.24, 2.45) is 0 Å². The third kappa shape index (κ3) is 4.72. The molecule has 1 aromatic carbocycles. The normalized spacial score (nSPS) is 10.5. The molecule has 17 heavy (non-hydrogen) atoms. The molecule has 1 N–H and O–H groups in total. The van der Waals surface area contributed by atoms with E-state index >= 15 is 0 Å². The number of amides is 1. The van der Waals surface area contributed by atoms with E-state index in [2.05, 4.69) is 12.2 Å². The van der Waals surface area contributed by atoms with E-state index in [0.29, 0.717) is 0 Å². The fourth-order valence-electron chi connectivity index (χ4n) is 1.42. The molecule has 0 aromatic heterocycles. The Balaban J connectivity index is 2.54. The molecule has 0 fully saturated rings. The summed E-state index contributed by atoms with van der Waals surface area (Å²) >= 11 is 0. The summed E-state index contributed by atoms with van der Waals surface area (Å²) in [4.78, 5) is 11.5. The number of unbranched alkanes of at least 4 members (excludes halogenated alkanes) is 1. The summed E-state index contributed by atoms with van der Waals surface area (Å²) in [5.74, 6) is 0.703. The zero-order valence-corrected chi connectivity index (χ0v) is 10.4. The fourth-order valence-corrected chi connectivity index (χ4v) is 1.42. The Kier molecular flexibility index (Phi) is 5.86. The number of carbonyl (C=O) groups excluding carboxylic acids is 1. The highest BCUT2D eigenvalue weighted by Crippen LogP contribution is 2.18. The van der Waals surface area contributed by atoms with Crippen molar-refractivity contribution in [2.45, 2.75) is 19.8 Å². The lowest BCUT2D eigenvalue weighted by Gasteiger charge is -2.03. The van der Waals surface area contributed by atoms with Crippen LogP contribution in [0.15, 0.2) is 30.3 Å². The Hall–Kier alpha value is -1.77. The first-order chi connectivity index (χ1) is 8.27. The average molecular weight is 233 g/mol. The Morgan fingerprint density at radius 3 is 2.88 bits per heavy atom. The minimum atomic E-state index is -0.0654. The molecule has 0 aliphatic heterocycles. The summed E-state index contributed by atoms with van der Waals surface area (Å²) in [6.07, 6.45) is 5.39. The molecule has 0 aliphatic rings. The molecule has 0 bridgehead atoms. The minimum absolute atomic E-state index is 0.0654. The van der Waals surface area contributed by atoms with Gasteiger partial charge >= 0.3 is 0 Å². The van der Waals surface area contributed by atoms with E-state index in [1.54, 1.807) is 13.2 Å². The third-order valence-corrected chi connectivity index (χ3v) is 2.38. The van der Waals surface area contributed by atoms with E-state index in [9.17, 15) is 4.79 Å². The van der Waals surface area contributed by atoms with Crippen molar-refractivity contribution in [2.75, 3.05) is 13.7 Å². The first-order valence-corrected chi connectivity index (χ1v) is 5.87. The van der Waals surface area contributed by atoms with Gasteiger partial charge in [-0.15, -0.1) is 0 Å². The molecular formula is C14H19NO2. The monoisotopic (exact) mass is 233 g/mol. The average Bonchev–Trinajstić information content (AvgIpc) is 2.37. The summed E-state index contributed by atoms with van der Waals surface area (Å²) < 4.78 is 5.19. The standard InChI is InChI=1S/C14H19NO2/c1-3-4-11-15-14(16)10-9-12-7-5-6-8-13(12)17-2/h5-10H,3-4,11H2,1-2H3,(H,15,16). The van der Waals surface area contributed by atoms with Crippen LogP contribution in [0.2, 0.25) is 0 Å². The van der Waals surface area contributed by atoms with Gasteiger partial charge in [-0.25, -0.2) is 0 Å². The number of hydrogen-bond acceptors (Lipinski definition) is 2. The molecule has 0 atom stereocenters. The van der Waals surface area contributed by atoms with Crippen LogP contribution < -0.4 is 10.1 Å². The van der Waals surface area contributed by atoms with Gasteiger partial charge in [0, 0.05) is 18.2 Å². The highest BCUT2D eigenvalue weighted by Gasteiger charge is 1.98. The summed E-state index contributed by atoms with van der Waals surface area (Å²) in [5.41, 5.74) is 0.903. The van der Waals surface area contributed by atoms with Crippen LogP contribution in [0.3, 0.4) is 0 Å². The van der Waals surface area contributed by atoms with E-state index in [0.717, 1.165) is 30.7 Å². The van der Waals surface area contributed by atoms with Crippen molar-refractivity contribution in [1.29, 1.82) is 0 Å². The lowest BCUT2D eigenvalue weighted by molar-refractivity contribution is -0.116. The maximum Gasteiger partial charge on any atom is 0.244 e. The van der Waals surface area contributed by atoms with Gasteiger partial charge in [0.05, 0.1) is 7.11 Å². The second-order valence-corrected chi connectivity index (χ2v) is 3.72. The minimum Gasteiger partial charge on any atom is -0.496 e. The predicted octanol–water partition coefficient (Wildman–Crippen LogP) is 2.62. The number of carbonyl (C=O) groups is 1. The van der Waals surface area contributed by atoms with E-state index < -0.39 is 0 Å². The second kappa shape index (κ2) is 7.49. The van der Waals surface area contributed by atoms with Crippen molar-refractivity contribution >= 4 is 12.0 Å². The molecule has 0 aliphatic carbocycles. The fraction of sp³-hybridized carbons (Fsp3) is 0.357. The Bertz CT molecular complexity index is 386. The Morgan fingerprint density at radius 2 is 2.18 bits per heavy atom. The Labute approximate surface area is 102 Å². The third-order valence-electron chi connectivity index (χ3n) is 2.38. The molecule has 0 radical (unpaired) electrons. The summed E-state index contributed by atoms with van der Waals surface area (Å²) in [6.45, 7) is 2.82. The summed E-state index contributed by atoms with van der Waals surface area (Å²) in [7, 11) is 1.62. The van der Waals surface area contributed by atoms with Gasteiger partial charge in [0.1, 0.15) is 5.75 Å². The molecule has 0 unspecified atom stereocenters. The molecule has 3 heteroatoms. The molecule has 92 valence electrons. The van der Waals surface area contributed by atoms with Gasteiger partial charge < -0.3 is 10.1 Å². The summed E-state index contributed by atoms with van der Waals surface area (Å²) in [5, 5.41) is 2.82. The van der Waals surface area contributed by atoms with Crippen LogP contribution in [0.1, 0.15) is 25.3 Å². The Morgan fingerprint density at radius 1 is 1.41 bits per heavy atom. The molecule has 1 aromatic rings. The van der Waals surface area contributed by atoms with E-state index in [4.69, 9.17) is 4.74 Å². The molecule has 0 saturated heterocycles. The van der Waals surface area contributed by atoms with Crippen LogP contribution in [0.25, 0.3) is 6.08 Å². The number of nitrogens with one attached hydrogen (secondary N) is 1. The van der Waals surface area contributed by atoms with Crippen LogP contribution in [0.4, 0.5) is 0 Å². The lowest BCUT2D eigenvalue weighted by atomic mass is 10.2. The molecular weight excluding hydrogens is 214 g/mol. The number of para-hydroxylation sites is 1. The molecule has 1 amide bonds. The van der Waals surface area contributed by atoms with Gasteiger partial charge in [-0.05, 0) is 18.6 Å². The van der Waals surface area contributed by atoms with Crippen molar-refractivity contribution in [3.63, 3.8) is 0 Å². The molecule has 0 saturated carbocycles. The molecule has 1 rings (SSSR count). The first kappa shape index (κ1) is 13.3. The van der Waals surface area contributed by atoms with Crippen LogP contribution >= 0.6 is 0 Å². The van der Waals surface area contributed by atoms with E-state index in [-0.39, 0.29) is 5.91 Å². The smallest absolute Gasteiger partial charge is 0.244 e. The van der Waals surface area contributed by atoms with Gasteiger partial charge in [-0.3, -0.25) is 4.79 Å². The quantitative estimate of drug-likeness (QED) is 0.606. The van der Waals surface area contributed by atoms with Crippen molar-refractivity contribution < 1.29 is 9.53 Å². The topological polar surface area (TPSA) is 38.3 Å². The van der Waals surface area contributed by atoms with Crippen LogP contribution in [0, 0.1) is 0 Å². The van der Waals surface area contributed by atoms with E-state index in [1.165, 1.54) is 6.08 Å². The number of methoxy groups -OCH3 is 1. The van der Waals surface area contributed by atoms with Crippen molar-refractivity contribution in [3.05, 3.63) is 35.9 Å². The maximum absolute atomic E-state index is 11.5. The van der Waals surface area contributed by atoms with Gasteiger partial charge in [-0.1, -0.05) is 31.5 Å². The van der Waals surface area contributed by atoms with Crippen molar-refractivity contribution in [1.82, 2.24) is 5.32 Å². The number of hydrogen-bond donors (Lipinski definition) is 1. The zero-order chi connectivity index (χ0) is 12.5. The van der Waals surface area contributed by atoms with Crippen LogP contribution in [-0.2, 0) is 4.79 Å². The molecule has 3 nitrogen and oxygen atoms in total. The highest BCUT2D eigenvalue weighted by atomic mass is 16.5. The molecule has 0 heterocycles. The van der Waals surface area contributed by atoms with Gasteiger partial charge in [0.25, 0.3) is 0 Å².